The van der Waals surface area contributed by atoms with E-state index in [0.29, 0.717) is 18.7 Å². The van der Waals surface area contributed by atoms with E-state index in [2.05, 4.69) is 5.32 Å². The van der Waals surface area contributed by atoms with Crippen LogP contribution < -0.4 is 5.32 Å². The second-order valence-electron chi connectivity index (χ2n) is 5.24. The van der Waals surface area contributed by atoms with E-state index in [1.54, 1.807) is 12.1 Å². The molecule has 1 spiro atoms. The van der Waals surface area contributed by atoms with E-state index in [9.17, 15) is 4.79 Å². The Morgan fingerprint density at radius 1 is 1.26 bits per heavy atom. The van der Waals surface area contributed by atoms with Crippen molar-refractivity contribution in [1.82, 2.24) is 5.32 Å². The van der Waals surface area contributed by atoms with Gasteiger partial charge >= 0.3 is 0 Å². The molecular formula is C15H19NO3. The zero-order valence-electron chi connectivity index (χ0n) is 10.9. The van der Waals surface area contributed by atoms with Gasteiger partial charge in [-0.1, -0.05) is 18.2 Å². The number of ether oxygens (including phenoxy) is 2. The van der Waals surface area contributed by atoms with Crippen molar-refractivity contribution < 1.29 is 14.3 Å². The van der Waals surface area contributed by atoms with Gasteiger partial charge in [0.25, 0.3) is 5.91 Å². The summed E-state index contributed by atoms with van der Waals surface area (Å²) < 4.78 is 11.7. The maximum Gasteiger partial charge on any atom is 0.251 e. The van der Waals surface area contributed by atoms with Crippen molar-refractivity contribution in [2.75, 3.05) is 13.2 Å². The summed E-state index contributed by atoms with van der Waals surface area (Å²) in [4.78, 5) is 11.9. The standard InChI is InChI=1S/C15H19NO3/c17-14(12-6-2-1-3-7-12)16-10-13-11-18-15(19-13)8-4-5-9-15/h1-3,6-7,13H,4-5,8-11H2,(H,16,17)/t13-/m1/s1. The number of amides is 1. The summed E-state index contributed by atoms with van der Waals surface area (Å²) in [5.41, 5.74) is 0.678. The average molecular weight is 261 g/mol. The lowest BCUT2D eigenvalue weighted by Gasteiger charge is -2.21. The zero-order valence-corrected chi connectivity index (χ0v) is 10.9. The molecule has 0 unspecified atom stereocenters. The number of carbonyl (C=O) groups excluding carboxylic acids is 1. The third-order valence-electron chi connectivity index (χ3n) is 3.81. The third kappa shape index (κ3) is 2.80. The second kappa shape index (κ2) is 5.31. The first kappa shape index (κ1) is 12.6. The number of hydrogen-bond donors (Lipinski definition) is 1. The van der Waals surface area contributed by atoms with Gasteiger partial charge in [0, 0.05) is 24.9 Å². The summed E-state index contributed by atoms with van der Waals surface area (Å²) >= 11 is 0. The zero-order chi connectivity index (χ0) is 13.1. The second-order valence-corrected chi connectivity index (χ2v) is 5.24. The quantitative estimate of drug-likeness (QED) is 0.906. The van der Waals surface area contributed by atoms with Crippen LogP contribution in [-0.2, 0) is 9.47 Å². The van der Waals surface area contributed by atoms with E-state index < -0.39 is 0 Å². The molecule has 0 bridgehead atoms. The molecule has 1 aliphatic carbocycles. The highest BCUT2D eigenvalue weighted by Gasteiger charge is 2.43. The number of benzene rings is 1. The van der Waals surface area contributed by atoms with Crippen molar-refractivity contribution >= 4 is 5.91 Å². The normalized spacial score (nSPS) is 24.7. The molecule has 19 heavy (non-hydrogen) atoms. The van der Waals surface area contributed by atoms with Crippen molar-refractivity contribution in [3.05, 3.63) is 35.9 Å². The van der Waals surface area contributed by atoms with Gasteiger partial charge in [0.05, 0.1) is 6.61 Å². The van der Waals surface area contributed by atoms with Gasteiger partial charge in [-0.25, -0.2) is 0 Å². The molecule has 1 heterocycles. The fraction of sp³-hybridized carbons (Fsp3) is 0.533. The Morgan fingerprint density at radius 2 is 2.00 bits per heavy atom. The molecule has 1 N–H and O–H groups in total. The predicted octanol–water partition coefficient (Wildman–Crippen LogP) is 2.10. The molecule has 4 heteroatoms. The molecule has 3 rings (SSSR count). The van der Waals surface area contributed by atoms with Crippen LogP contribution in [0, 0.1) is 0 Å². The Morgan fingerprint density at radius 3 is 2.74 bits per heavy atom. The topological polar surface area (TPSA) is 47.6 Å². The summed E-state index contributed by atoms with van der Waals surface area (Å²) in [6.45, 7) is 1.09. The maximum absolute atomic E-state index is 11.9. The Bertz CT molecular complexity index is 440. The van der Waals surface area contributed by atoms with Crippen LogP contribution >= 0.6 is 0 Å². The first-order chi connectivity index (χ1) is 9.27. The van der Waals surface area contributed by atoms with Gasteiger partial charge in [0.2, 0.25) is 0 Å². The van der Waals surface area contributed by atoms with Gasteiger partial charge in [0.15, 0.2) is 5.79 Å². The Balaban J connectivity index is 1.50. The van der Waals surface area contributed by atoms with E-state index in [4.69, 9.17) is 9.47 Å². The van der Waals surface area contributed by atoms with Crippen LogP contribution in [0.4, 0.5) is 0 Å². The summed E-state index contributed by atoms with van der Waals surface area (Å²) in [7, 11) is 0. The third-order valence-corrected chi connectivity index (χ3v) is 3.81. The van der Waals surface area contributed by atoms with Gasteiger partial charge in [0.1, 0.15) is 6.10 Å². The highest BCUT2D eigenvalue weighted by atomic mass is 16.7. The minimum absolute atomic E-state index is 0.0224. The van der Waals surface area contributed by atoms with E-state index in [0.717, 1.165) is 12.8 Å². The molecular weight excluding hydrogens is 242 g/mol. The number of nitrogens with one attached hydrogen (secondary N) is 1. The molecule has 1 aliphatic heterocycles. The molecule has 1 aromatic carbocycles. The van der Waals surface area contributed by atoms with Crippen LogP contribution in [0.2, 0.25) is 0 Å². The lowest BCUT2D eigenvalue weighted by Crippen LogP contribution is -2.35. The van der Waals surface area contributed by atoms with E-state index in [1.165, 1.54) is 12.8 Å². The van der Waals surface area contributed by atoms with Crippen molar-refractivity contribution in [1.29, 1.82) is 0 Å². The molecule has 0 aromatic heterocycles. The smallest absolute Gasteiger partial charge is 0.251 e. The maximum atomic E-state index is 11.9. The van der Waals surface area contributed by atoms with Gasteiger partial charge < -0.3 is 14.8 Å². The largest absolute Gasteiger partial charge is 0.349 e. The Hall–Kier alpha value is -1.39. The monoisotopic (exact) mass is 261 g/mol. The van der Waals surface area contributed by atoms with Crippen molar-refractivity contribution in [2.24, 2.45) is 0 Å². The Labute approximate surface area is 113 Å². The summed E-state index contributed by atoms with van der Waals surface area (Å²) in [6, 6.07) is 9.23. The van der Waals surface area contributed by atoms with Crippen LogP contribution in [0.15, 0.2) is 30.3 Å². The van der Waals surface area contributed by atoms with Crippen molar-refractivity contribution in [3.63, 3.8) is 0 Å². The number of carbonyl (C=O) groups is 1. The van der Waals surface area contributed by atoms with E-state index in [1.807, 2.05) is 18.2 Å². The molecule has 2 fully saturated rings. The lowest BCUT2D eigenvalue weighted by molar-refractivity contribution is -0.161. The van der Waals surface area contributed by atoms with E-state index in [-0.39, 0.29) is 17.8 Å². The van der Waals surface area contributed by atoms with Gasteiger partial charge in [-0.3, -0.25) is 4.79 Å². The molecule has 0 radical (unpaired) electrons. The fourth-order valence-electron chi connectivity index (χ4n) is 2.79. The highest BCUT2D eigenvalue weighted by Crippen LogP contribution is 2.38. The molecule has 1 saturated heterocycles. The van der Waals surface area contributed by atoms with Gasteiger partial charge in [-0.05, 0) is 25.0 Å². The number of rotatable bonds is 3. The molecule has 1 saturated carbocycles. The number of hydrogen-bond acceptors (Lipinski definition) is 3. The van der Waals surface area contributed by atoms with Crippen molar-refractivity contribution in [3.8, 4) is 0 Å². The minimum atomic E-state index is -0.345. The SMILES string of the molecule is O=C(NC[C@@H]1COC2(CCCC2)O1)c1ccccc1. The van der Waals surface area contributed by atoms with Crippen molar-refractivity contribution in [2.45, 2.75) is 37.6 Å². The summed E-state index contributed by atoms with van der Waals surface area (Å²) in [5.74, 6) is -0.404. The predicted molar refractivity (Wildman–Crippen MR) is 70.8 cm³/mol. The molecule has 102 valence electrons. The van der Waals surface area contributed by atoms with Crippen LogP contribution in [0.3, 0.4) is 0 Å². The first-order valence-corrected chi connectivity index (χ1v) is 6.92. The van der Waals surface area contributed by atoms with E-state index >= 15 is 0 Å². The Kier molecular flexibility index (Phi) is 3.53. The fourth-order valence-corrected chi connectivity index (χ4v) is 2.79. The molecule has 2 aliphatic rings. The van der Waals surface area contributed by atoms with Crippen LogP contribution in [0.25, 0.3) is 0 Å². The van der Waals surface area contributed by atoms with Gasteiger partial charge in [-0.15, -0.1) is 0 Å². The minimum Gasteiger partial charge on any atom is -0.349 e. The first-order valence-electron chi connectivity index (χ1n) is 6.92. The summed E-state index contributed by atoms with van der Waals surface area (Å²) in [5, 5.41) is 2.90. The van der Waals surface area contributed by atoms with Crippen LogP contribution in [0.5, 0.6) is 0 Å². The molecule has 1 atom stereocenters. The molecule has 1 amide bonds. The molecule has 1 aromatic rings. The van der Waals surface area contributed by atoms with Crippen LogP contribution in [0.1, 0.15) is 36.0 Å². The van der Waals surface area contributed by atoms with Gasteiger partial charge in [-0.2, -0.15) is 0 Å². The highest BCUT2D eigenvalue weighted by molar-refractivity contribution is 5.94. The molecule has 4 nitrogen and oxygen atoms in total. The van der Waals surface area contributed by atoms with Crippen LogP contribution in [-0.4, -0.2) is 30.9 Å². The summed E-state index contributed by atoms with van der Waals surface area (Å²) in [6.07, 6.45) is 4.28. The lowest BCUT2D eigenvalue weighted by atomic mass is 10.2. The average Bonchev–Trinajstić information content (AvgIpc) is 3.08.